The quantitative estimate of drug-likeness (QED) is 0.670. The molecule has 3 N–H and O–H groups in total. The first kappa shape index (κ1) is 18.1. The molecule has 0 spiro atoms. The van der Waals surface area contributed by atoms with E-state index in [-0.39, 0.29) is 11.2 Å². The highest BCUT2D eigenvalue weighted by Crippen LogP contribution is 2.42. The van der Waals surface area contributed by atoms with Crippen molar-refractivity contribution in [3.63, 3.8) is 0 Å². The summed E-state index contributed by atoms with van der Waals surface area (Å²) in [4.78, 5) is 5.75. The number of hydrogen-bond donors (Lipinski definition) is 3. The standard InChI is InChI=1S/C21H20ClN5O2/c1-27-17-5-4-12(25-15-6-7-24-20(22)14(15)9-23)8-13(17)18-19(21(27)28)29-10-16(26-18)11-2-3-11/h4-8,11,16,21,26,28H,2-3,10H2,1H3,(H,24,25). The third-order valence-corrected chi connectivity index (χ3v) is 6.01. The molecule has 2 atom stereocenters. The van der Waals surface area contributed by atoms with Crippen molar-refractivity contribution in [1.29, 1.82) is 5.26 Å². The number of aliphatic hydroxyl groups is 1. The first-order chi connectivity index (χ1) is 14.1. The van der Waals surface area contributed by atoms with Gasteiger partial charge in [-0.25, -0.2) is 4.98 Å². The van der Waals surface area contributed by atoms with E-state index in [2.05, 4.69) is 21.7 Å². The number of anilines is 3. The van der Waals surface area contributed by atoms with Gasteiger partial charge in [-0.05, 0) is 43.0 Å². The number of nitrogens with zero attached hydrogens (tertiary/aromatic N) is 3. The molecule has 2 aromatic rings. The number of hydrogen-bond acceptors (Lipinski definition) is 7. The van der Waals surface area contributed by atoms with Crippen molar-refractivity contribution in [3.05, 3.63) is 52.5 Å². The summed E-state index contributed by atoms with van der Waals surface area (Å²) in [6.45, 7) is 0.572. The Bertz CT molecular complexity index is 1060. The molecule has 0 radical (unpaired) electrons. The van der Waals surface area contributed by atoms with Crippen LogP contribution in [0.4, 0.5) is 17.1 Å². The Morgan fingerprint density at radius 1 is 1.38 bits per heavy atom. The van der Waals surface area contributed by atoms with E-state index >= 15 is 0 Å². The van der Waals surface area contributed by atoms with Gasteiger partial charge >= 0.3 is 0 Å². The van der Waals surface area contributed by atoms with E-state index in [1.54, 1.807) is 17.2 Å². The van der Waals surface area contributed by atoms with Crippen LogP contribution in [-0.2, 0) is 4.74 Å². The minimum absolute atomic E-state index is 0.165. The molecule has 3 aliphatic rings. The molecule has 29 heavy (non-hydrogen) atoms. The van der Waals surface area contributed by atoms with Crippen LogP contribution in [0.25, 0.3) is 5.70 Å². The molecule has 148 valence electrons. The van der Waals surface area contributed by atoms with Gasteiger partial charge in [0.25, 0.3) is 0 Å². The largest absolute Gasteiger partial charge is 0.489 e. The fourth-order valence-corrected chi connectivity index (χ4v) is 4.15. The van der Waals surface area contributed by atoms with Crippen LogP contribution in [0.2, 0.25) is 5.15 Å². The van der Waals surface area contributed by atoms with Crippen LogP contribution in [0.1, 0.15) is 24.0 Å². The minimum Gasteiger partial charge on any atom is -0.489 e. The van der Waals surface area contributed by atoms with E-state index in [0.29, 0.717) is 29.5 Å². The zero-order chi connectivity index (χ0) is 20.1. The summed E-state index contributed by atoms with van der Waals surface area (Å²) in [7, 11) is 1.84. The SMILES string of the molecule is CN1c2ccc(Nc3ccnc(Cl)c3C#N)cc2C2=C(OCC(C3CC3)N2)C1O. The van der Waals surface area contributed by atoms with E-state index in [1.165, 1.54) is 12.8 Å². The van der Waals surface area contributed by atoms with Crippen LogP contribution in [0.3, 0.4) is 0 Å². The Hall–Kier alpha value is -2.95. The minimum atomic E-state index is -0.826. The predicted octanol–water partition coefficient (Wildman–Crippen LogP) is 3.19. The number of fused-ring (bicyclic) bond motifs is 2. The number of aliphatic hydroxyl groups excluding tert-OH is 1. The molecule has 1 aliphatic carbocycles. The normalized spacial score (nSPS) is 22.8. The van der Waals surface area contributed by atoms with Crippen LogP contribution in [0, 0.1) is 17.2 Å². The second kappa shape index (κ2) is 6.83. The average Bonchev–Trinajstić information content (AvgIpc) is 3.57. The number of pyridine rings is 1. The van der Waals surface area contributed by atoms with Gasteiger partial charge < -0.3 is 25.4 Å². The predicted molar refractivity (Wildman–Crippen MR) is 111 cm³/mol. The molecule has 0 bridgehead atoms. The lowest BCUT2D eigenvalue weighted by Crippen LogP contribution is -2.47. The summed E-state index contributed by atoms with van der Waals surface area (Å²) < 4.78 is 5.98. The Balaban J connectivity index is 1.54. The molecule has 2 aliphatic heterocycles. The van der Waals surface area contributed by atoms with E-state index in [1.807, 2.05) is 25.2 Å². The number of halogens is 1. The maximum absolute atomic E-state index is 10.7. The number of benzene rings is 1. The molecule has 1 aromatic heterocycles. The Morgan fingerprint density at radius 3 is 2.97 bits per heavy atom. The molecule has 1 aromatic carbocycles. The maximum atomic E-state index is 10.7. The zero-order valence-corrected chi connectivity index (χ0v) is 16.6. The Morgan fingerprint density at radius 2 is 2.21 bits per heavy atom. The van der Waals surface area contributed by atoms with Crippen LogP contribution in [0.5, 0.6) is 0 Å². The van der Waals surface area contributed by atoms with E-state index in [0.717, 1.165) is 22.6 Å². The zero-order valence-electron chi connectivity index (χ0n) is 15.8. The Kier molecular flexibility index (Phi) is 4.26. The maximum Gasteiger partial charge on any atom is 0.188 e. The van der Waals surface area contributed by atoms with E-state index in [9.17, 15) is 10.4 Å². The summed E-state index contributed by atoms with van der Waals surface area (Å²) >= 11 is 6.05. The first-order valence-electron chi connectivity index (χ1n) is 9.57. The van der Waals surface area contributed by atoms with Crippen molar-refractivity contribution in [3.8, 4) is 6.07 Å². The van der Waals surface area contributed by atoms with Crippen molar-refractivity contribution in [2.45, 2.75) is 25.1 Å². The summed E-state index contributed by atoms with van der Waals surface area (Å²) in [5.74, 6) is 1.18. The molecule has 1 fully saturated rings. The lowest BCUT2D eigenvalue weighted by molar-refractivity contribution is 0.0773. The van der Waals surface area contributed by atoms with Crippen LogP contribution in [-0.4, -0.2) is 36.0 Å². The second-order valence-electron chi connectivity index (χ2n) is 7.62. The van der Waals surface area contributed by atoms with E-state index in [4.69, 9.17) is 16.3 Å². The highest BCUT2D eigenvalue weighted by molar-refractivity contribution is 6.31. The molecule has 0 amide bonds. The number of nitrogens with one attached hydrogen (secondary N) is 2. The fourth-order valence-electron chi connectivity index (χ4n) is 3.95. The van der Waals surface area contributed by atoms with E-state index < -0.39 is 6.23 Å². The highest BCUT2D eigenvalue weighted by Gasteiger charge is 2.40. The van der Waals surface area contributed by atoms with Crippen LogP contribution in [0.15, 0.2) is 36.2 Å². The van der Waals surface area contributed by atoms with Crippen molar-refractivity contribution < 1.29 is 9.84 Å². The van der Waals surface area contributed by atoms with Crippen molar-refractivity contribution >= 4 is 34.4 Å². The van der Waals surface area contributed by atoms with Crippen molar-refractivity contribution in [1.82, 2.24) is 10.3 Å². The van der Waals surface area contributed by atoms with Gasteiger partial charge in [0.1, 0.15) is 23.4 Å². The molecule has 2 unspecified atom stereocenters. The monoisotopic (exact) mass is 409 g/mol. The number of rotatable bonds is 3. The number of likely N-dealkylation sites (N-methyl/N-ethyl adjacent to an activating group) is 1. The molecule has 8 heteroatoms. The molecular weight excluding hydrogens is 390 g/mol. The average molecular weight is 410 g/mol. The van der Waals surface area contributed by atoms with Gasteiger partial charge in [0.2, 0.25) is 0 Å². The second-order valence-corrected chi connectivity index (χ2v) is 7.97. The number of aromatic nitrogens is 1. The number of nitriles is 1. The van der Waals surface area contributed by atoms with Gasteiger partial charge in [0.05, 0.1) is 17.4 Å². The molecular formula is C21H20ClN5O2. The van der Waals surface area contributed by atoms with Crippen molar-refractivity contribution in [2.75, 3.05) is 23.9 Å². The van der Waals surface area contributed by atoms with Crippen LogP contribution < -0.4 is 15.5 Å². The summed E-state index contributed by atoms with van der Waals surface area (Å²) in [6, 6.07) is 9.92. The molecule has 5 rings (SSSR count). The highest BCUT2D eigenvalue weighted by atomic mass is 35.5. The van der Waals surface area contributed by atoms with Gasteiger partial charge in [-0.15, -0.1) is 0 Å². The van der Waals surface area contributed by atoms with Crippen LogP contribution >= 0.6 is 11.6 Å². The lowest BCUT2D eigenvalue weighted by atomic mass is 9.98. The van der Waals surface area contributed by atoms with Gasteiger partial charge in [0, 0.05) is 30.2 Å². The number of ether oxygens (including phenoxy) is 1. The van der Waals surface area contributed by atoms with Gasteiger partial charge in [-0.1, -0.05) is 11.6 Å². The van der Waals surface area contributed by atoms with Crippen molar-refractivity contribution in [2.24, 2.45) is 5.92 Å². The van der Waals surface area contributed by atoms with Gasteiger partial charge in [-0.3, -0.25) is 0 Å². The first-order valence-corrected chi connectivity index (χ1v) is 9.95. The molecule has 7 nitrogen and oxygen atoms in total. The Labute approximate surface area is 173 Å². The smallest absolute Gasteiger partial charge is 0.188 e. The van der Waals surface area contributed by atoms with Gasteiger partial charge in [0.15, 0.2) is 12.0 Å². The molecule has 1 saturated carbocycles. The summed E-state index contributed by atoms with van der Waals surface area (Å²) in [6.07, 6.45) is 3.15. The summed E-state index contributed by atoms with van der Waals surface area (Å²) in [5, 5.41) is 27.1. The lowest BCUT2D eigenvalue weighted by Gasteiger charge is -2.40. The van der Waals surface area contributed by atoms with Gasteiger partial charge in [-0.2, -0.15) is 5.26 Å². The topological polar surface area (TPSA) is 93.4 Å². The molecule has 0 saturated heterocycles. The third kappa shape index (κ3) is 3.05. The third-order valence-electron chi connectivity index (χ3n) is 5.73. The summed E-state index contributed by atoms with van der Waals surface area (Å²) in [5.41, 5.74) is 4.38. The molecule has 3 heterocycles. The fraction of sp³-hybridized carbons (Fsp3) is 0.333.